The van der Waals surface area contributed by atoms with Crippen molar-refractivity contribution in [1.82, 2.24) is 10.6 Å². The Bertz CT molecular complexity index is 845. The summed E-state index contributed by atoms with van der Waals surface area (Å²) in [6.45, 7) is 3.87. The van der Waals surface area contributed by atoms with Gasteiger partial charge in [0.05, 0.1) is 47.7 Å². The number of nitrogens with zero attached hydrogens (tertiary/aromatic N) is 1. The van der Waals surface area contributed by atoms with Crippen LogP contribution in [0.2, 0.25) is 0 Å². The van der Waals surface area contributed by atoms with Crippen LogP contribution in [0.4, 0.5) is 0 Å². The van der Waals surface area contributed by atoms with Crippen molar-refractivity contribution in [2.45, 2.75) is 19.9 Å². The Morgan fingerprint density at radius 3 is 1.97 bits per heavy atom. The van der Waals surface area contributed by atoms with Gasteiger partial charge in [-0.2, -0.15) is 0 Å². The van der Waals surface area contributed by atoms with E-state index in [1.54, 1.807) is 35.5 Å². The van der Waals surface area contributed by atoms with E-state index in [0.29, 0.717) is 36.3 Å². The molecule has 0 saturated carbocycles. The highest BCUT2D eigenvalue weighted by molar-refractivity contribution is 5.79. The minimum atomic E-state index is 0.391. The maximum Gasteiger partial charge on any atom is 0.191 e. The second-order valence-corrected chi connectivity index (χ2v) is 6.57. The van der Waals surface area contributed by atoms with Crippen molar-refractivity contribution < 1.29 is 23.7 Å². The predicted octanol–water partition coefficient (Wildman–Crippen LogP) is 3.03. The lowest BCUT2D eigenvalue weighted by molar-refractivity contribution is 0.354. The molecule has 0 fully saturated rings. The van der Waals surface area contributed by atoms with Crippen LogP contribution >= 0.6 is 0 Å². The summed E-state index contributed by atoms with van der Waals surface area (Å²) in [5, 5.41) is 6.63. The second-order valence-electron chi connectivity index (χ2n) is 6.57. The molecule has 0 heterocycles. The van der Waals surface area contributed by atoms with Crippen molar-refractivity contribution in [3.63, 3.8) is 0 Å². The van der Waals surface area contributed by atoms with E-state index in [1.807, 2.05) is 37.3 Å². The van der Waals surface area contributed by atoms with Crippen LogP contribution in [-0.4, -0.2) is 54.6 Å². The van der Waals surface area contributed by atoms with Crippen LogP contribution < -0.4 is 34.3 Å². The first-order chi connectivity index (χ1) is 15.1. The Balaban J connectivity index is 2.09. The predicted molar refractivity (Wildman–Crippen MR) is 122 cm³/mol. The Kier molecular flexibility index (Phi) is 9.61. The van der Waals surface area contributed by atoms with Crippen molar-refractivity contribution in [3.05, 3.63) is 41.5 Å². The van der Waals surface area contributed by atoms with E-state index in [0.717, 1.165) is 35.6 Å². The molecule has 31 heavy (non-hydrogen) atoms. The van der Waals surface area contributed by atoms with Gasteiger partial charge in [0, 0.05) is 25.2 Å². The van der Waals surface area contributed by atoms with E-state index >= 15 is 0 Å². The van der Waals surface area contributed by atoms with Gasteiger partial charge in [-0.25, -0.2) is 4.99 Å². The molecule has 8 nitrogen and oxygen atoms in total. The first-order valence-corrected chi connectivity index (χ1v) is 10.1. The summed E-state index contributed by atoms with van der Waals surface area (Å²) >= 11 is 0. The number of methoxy groups -OCH3 is 5. The number of rotatable bonds is 11. The van der Waals surface area contributed by atoms with Crippen LogP contribution in [-0.2, 0) is 13.0 Å². The Hall–Kier alpha value is -3.29. The zero-order valence-electron chi connectivity index (χ0n) is 19.2. The van der Waals surface area contributed by atoms with Crippen LogP contribution in [0.25, 0.3) is 0 Å². The van der Waals surface area contributed by atoms with Crippen molar-refractivity contribution in [1.29, 1.82) is 0 Å². The molecule has 0 aliphatic carbocycles. The highest BCUT2D eigenvalue weighted by atomic mass is 16.5. The van der Waals surface area contributed by atoms with Crippen LogP contribution in [0, 0.1) is 0 Å². The zero-order chi connectivity index (χ0) is 22.6. The molecule has 0 atom stereocenters. The average molecular weight is 432 g/mol. The topological polar surface area (TPSA) is 82.6 Å². The monoisotopic (exact) mass is 431 g/mol. The number of guanidine groups is 1. The van der Waals surface area contributed by atoms with E-state index in [-0.39, 0.29) is 0 Å². The van der Waals surface area contributed by atoms with Gasteiger partial charge >= 0.3 is 0 Å². The van der Waals surface area contributed by atoms with Crippen molar-refractivity contribution in [3.8, 4) is 28.7 Å². The highest BCUT2D eigenvalue weighted by Crippen LogP contribution is 2.34. The summed E-state index contributed by atoms with van der Waals surface area (Å²) in [6.07, 6.45) is 0.806. The standard InChI is InChI=1S/C23H33N3O5/c1-7-24-23(25-11-10-16-8-9-19(28-3)22(12-16)31-6)26-15-18-20(29-4)13-17(27-2)14-21(18)30-5/h8-9,12-14H,7,10-11,15H2,1-6H3,(H2,24,25,26). The summed E-state index contributed by atoms with van der Waals surface area (Å²) in [7, 11) is 8.11. The molecular weight excluding hydrogens is 398 g/mol. The molecule has 0 aliphatic rings. The van der Waals surface area contributed by atoms with Crippen LogP contribution in [0.15, 0.2) is 35.3 Å². The van der Waals surface area contributed by atoms with Crippen LogP contribution in [0.5, 0.6) is 28.7 Å². The number of nitrogens with one attached hydrogen (secondary N) is 2. The van der Waals surface area contributed by atoms with Gasteiger partial charge in [-0.3, -0.25) is 0 Å². The number of ether oxygens (including phenoxy) is 5. The molecule has 2 aromatic rings. The van der Waals surface area contributed by atoms with Gasteiger partial charge in [0.1, 0.15) is 17.2 Å². The van der Waals surface area contributed by atoms with E-state index < -0.39 is 0 Å². The van der Waals surface area contributed by atoms with Crippen LogP contribution in [0.3, 0.4) is 0 Å². The summed E-state index contributed by atoms with van der Waals surface area (Å²) in [6, 6.07) is 9.57. The number of hydrogen-bond donors (Lipinski definition) is 2. The SMILES string of the molecule is CCNC(=NCc1c(OC)cc(OC)cc1OC)NCCc1ccc(OC)c(OC)c1. The fraction of sp³-hybridized carbons (Fsp3) is 0.435. The van der Waals surface area contributed by atoms with E-state index in [2.05, 4.69) is 10.6 Å². The molecule has 0 bridgehead atoms. The lowest BCUT2D eigenvalue weighted by Crippen LogP contribution is -2.38. The maximum absolute atomic E-state index is 5.51. The molecule has 0 unspecified atom stereocenters. The van der Waals surface area contributed by atoms with E-state index in [9.17, 15) is 0 Å². The zero-order valence-corrected chi connectivity index (χ0v) is 19.2. The van der Waals surface area contributed by atoms with Crippen molar-refractivity contribution in [2.24, 2.45) is 4.99 Å². The van der Waals surface area contributed by atoms with Gasteiger partial charge in [-0.15, -0.1) is 0 Å². The first kappa shape index (κ1) is 24.0. The molecule has 0 aromatic heterocycles. The smallest absolute Gasteiger partial charge is 0.191 e. The molecule has 0 amide bonds. The molecule has 8 heteroatoms. The summed E-state index contributed by atoms with van der Waals surface area (Å²) < 4.78 is 27.0. The Morgan fingerprint density at radius 2 is 1.42 bits per heavy atom. The summed E-state index contributed by atoms with van der Waals surface area (Å²) in [5.41, 5.74) is 1.99. The summed E-state index contributed by atoms with van der Waals surface area (Å²) in [5.74, 6) is 4.15. The number of hydrogen-bond acceptors (Lipinski definition) is 6. The molecule has 170 valence electrons. The van der Waals surface area contributed by atoms with Gasteiger partial charge in [0.2, 0.25) is 0 Å². The number of benzene rings is 2. The molecule has 2 rings (SSSR count). The third kappa shape index (κ3) is 6.60. The Labute approximate surface area is 184 Å². The Morgan fingerprint density at radius 1 is 0.774 bits per heavy atom. The van der Waals surface area contributed by atoms with Gasteiger partial charge in [-0.1, -0.05) is 6.07 Å². The second kappa shape index (κ2) is 12.4. The van der Waals surface area contributed by atoms with Gasteiger partial charge in [0.25, 0.3) is 0 Å². The molecular formula is C23H33N3O5. The largest absolute Gasteiger partial charge is 0.496 e. The minimum Gasteiger partial charge on any atom is -0.496 e. The quantitative estimate of drug-likeness (QED) is 0.418. The first-order valence-electron chi connectivity index (χ1n) is 10.1. The minimum absolute atomic E-state index is 0.391. The number of aliphatic imine (C=N–C) groups is 1. The molecule has 2 N–H and O–H groups in total. The molecule has 0 aliphatic heterocycles. The lowest BCUT2D eigenvalue weighted by Gasteiger charge is -2.15. The molecule has 0 saturated heterocycles. The molecule has 0 spiro atoms. The van der Waals surface area contributed by atoms with Gasteiger partial charge in [0.15, 0.2) is 17.5 Å². The van der Waals surface area contributed by atoms with Crippen molar-refractivity contribution >= 4 is 5.96 Å². The highest BCUT2D eigenvalue weighted by Gasteiger charge is 2.13. The van der Waals surface area contributed by atoms with E-state index in [4.69, 9.17) is 28.7 Å². The average Bonchev–Trinajstić information content (AvgIpc) is 2.81. The van der Waals surface area contributed by atoms with Crippen molar-refractivity contribution in [2.75, 3.05) is 48.6 Å². The van der Waals surface area contributed by atoms with Crippen LogP contribution in [0.1, 0.15) is 18.1 Å². The molecule has 2 aromatic carbocycles. The normalized spacial score (nSPS) is 11.0. The molecule has 0 radical (unpaired) electrons. The fourth-order valence-corrected chi connectivity index (χ4v) is 3.09. The maximum atomic E-state index is 5.51. The van der Waals surface area contributed by atoms with E-state index in [1.165, 1.54) is 0 Å². The van der Waals surface area contributed by atoms with Gasteiger partial charge in [-0.05, 0) is 31.0 Å². The van der Waals surface area contributed by atoms with Gasteiger partial charge < -0.3 is 34.3 Å². The lowest BCUT2D eigenvalue weighted by atomic mass is 10.1. The third-order valence-corrected chi connectivity index (χ3v) is 4.71. The third-order valence-electron chi connectivity index (χ3n) is 4.71. The summed E-state index contributed by atoms with van der Waals surface area (Å²) in [4.78, 5) is 4.70. The fourth-order valence-electron chi connectivity index (χ4n) is 3.09.